The fourth-order valence-corrected chi connectivity index (χ4v) is 10.2. The zero-order valence-corrected chi connectivity index (χ0v) is 15.1. The van der Waals surface area contributed by atoms with Gasteiger partial charge in [0.2, 0.25) is 0 Å². The Hall–Kier alpha value is 0.531. The van der Waals surface area contributed by atoms with Crippen LogP contribution in [0.15, 0.2) is 0 Å². The summed E-state index contributed by atoms with van der Waals surface area (Å²) in [5.41, 5.74) is 0. The van der Waals surface area contributed by atoms with E-state index in [0.29, 0.717) is 0 Å². The van der Waals surface area contributed by atoms with Crippen LogP contribution in [-0.4, -0.2) is 40.1 Å². The van der Waals surface area contributed by atoms with Crippen molar-refractivity contribution >= 4 is 25.9 Å². The minimum Gasteiger partial charge on any atom is -0.458 e. The molecule has 0 saturated carbocycles. The Morgan fingerprint density at radius 1 is 0.938 bits per heavy atom. The van der Waals surface area contributed by atoms with Gasteiger partial charge in [-0.25, -0.2) is 0 Å². The van der Waals surface area contributed by atoms with E-state index in [2.05, 4.69) is 32.7 Å². The van der Waals surface area contributed by atoms with E-state index in [9.17, 15) is 0 Å². The lowest BCUT2D eigenvalue weighted by Gasteiger charge is -2.28. The van der Waals surface area contributed by atoms with Gasteiger partial charge in [-0.1, -0.05) is 6.42 Å². The summed E-state index contributed by atoms with van der Waals surface area (Å²) < 4.78 is 17.1. The molecular formula is C10H28O3Si3. The van der Waals surface area contributed by atoms with Crippen LogP contribution in [-0.2, 0) is 13.0 Å². The predicted octanol–water partition coefficient (Wildman–Crippen LogP) is 2.95. The fraction of sp³-hybridized carbons (Fsp3) is 1.00. The Morgan fingerprint density at radius 3 is 1.81 bits per heavy atom. The van der Waals surface area contributed by atoms with Crippen molar-refractivity contribution in [2.75, 3.05) is 14.2 Å². The molecule has 3 nitrogen and oxygen atoms in total. The molecule has 0 aromatic carbocycles. The molecule has 0 aromatic heterocycles. The molecule has 0 unspecified atom stereocenters. The van der Waals surface area contributed by atoms with Crippen molar-refractivity contribution < 1.29 is 13.0 Å². The van der Waals surface area contributed by atoms with Crippen LogP contribution in [0.3, 0.4) is 0 Å². The van der Waals surface area contributed by atoms with E-state index in [1.165, 1.54) is 12.5 Å². The van der Waals surface area contributed by atoms with Crippen LogP contribution in [0.4, 0.5) is 0 Å². The van der Waals surface area contributed by atoms with Crippen molar-refractivity contribution in [1.29, 1.82) is 0 Å². The highest BCUT2D eigenvalue weighted by Crippen LogP contribution is 2.21. The van der Waals surface area contributed by atoms with Gasteiger partial charge in [-0.3, -0.25) is 0 Å². The number of hydrogen-bond donors (Lipinski definition) is 0. The number of hydrogen-bond acceptors (Lipinski definition) is 3. The van der Waals surface area contributed by atoms with Gasteiger partial charge in [0, 0.05) is 14.2 Å². The van der Waals surface area contributed by atoms with Crippen LogP contribution in [0.5, 0.6) is 0 Å². The zero-order valence-electron chi connectivity index (χ0n) is 11.9. The van der Waals surface area contributed by atoms with Gasteiger partial charge in [0.15, 0.2) is 17.4 Å². The summed E-state index contributed by atoms with van der Waals surface area (Å²) in [6.45, 7) is 11.3. The van der Waals surface area contributed by atoms with Gasteiger partial charge in [-0.15, -0.1) is 0 Å². The molecule has 6 heteroatoms. The maximum Gasteiger partial charge on any atom is 0.334 e. The molecule has 0 saturated heterocycles. The van der Waals surface area contributed by atoms with E-state index in [1.54, 1.807) is 14.2 Å². The first kappa shape index (κ1) is 16.5. The molecule has 0 aliphatic rings. The summed E-state index contributed by atoms with van der Waals surface area (Å²) in [4.78, 5) is 0. The van der Waals surface area contributed by atoms with E-state index in [1.807, 2.05) is 0 Å². The highest BCUT2D eigenvalue weighted by Gasteiger charge is 2.30. The molecule has 0 spiro atoms. The standard InChI is InChI=1S/C10H28O3Si3/c1-11-16(7,12-2)10-8-9-15(5,6)13-14(3)4/h14H,8-10H2,1-7H3. The van der Waals surface area contributed by atoms with Crippen molar-refractivity contribution in [3.8, 4) is 0 Å². The third-order valence-electron chi connectivity index (χ3n) is 2.83. The molecular weight excluding hydrogens is 252 g/mol. The minimum atomic E-state index is -1.86. The van der Waals surface area contributed by atoms with Crippen LogP contribution in [0.25, 0.3) is 0 Å². The summed E-state index contributed by atoms with van der Waals surface area (Å²) in [5, 5.41) is 0. The molecule has 0 radical (unpaired) electrons. The Bertz CT molecular complexity index is 194. The van der Waals surface area contributed by atoms with Crippen LogP contribution in [0.1, 0.15) is 6.42 Å². The van der Waals surface area contributed by atoms with E-state index >= 15 is 0 Å². The fourth-order valence-electron chi connectivity index (χ4n) is 1.82. The molecule has 0 bridgehead atoms. The third kappa shape index (κ3) is 6.97. The first-order chi connectivity index (χ1) is 7.24. The molecule has 0 amide bonds. The topological polar surface area (TPSA) is 27.7 Å². The predicted molar refractivity (Wildman–Crippen MR) is 77.3 cm³/mol. The lowest BCUT2D eigenvalue weighted by molar-refractivity contribution is 0.249. The molecule has 98 valence electrons. The van der Waals surface area contributed by atoms with Crippen molar-refractivity contribution in [3.63, 3.8) is 0 Å². The summed E-state index contributed by atoms with van der Waals surface area (Å²) in [7, 11) is -0.643. The van der Waals surface area contributed by atoms with Crippen molar-refractivity contribution in [2.24, 2.45) is 0 Å². The summed E-state index contributed by atoms with van der Waals surface area (Å²) >= 11 is 0. The smallest absolute Gasteiger partial charge is 0.334 e. The average Bonchev–Trinajstić information content (AvgIpc) is 2.15. The lowest BCUT2D eigenvalue weighted by Crippen LogP contribution is -2.38. The quantitative estimate of drug-likeness (QED) is 0.640. The van der Waals surface area contributed by atoms with E-state index in [-0.39, 0.29) is 0 Å². The van der Waals surface area contributed by atoms with Crippen LogP contribution < -0.4 is 0 Å². The van der Waals surface area contributed by atoms with Crippen LogP contribution in [0, 0.1) is 0 Å². The van der Waals surface area contributed by atoms with Crippen molar-refractivity contribution in [3.05, 3.63) is 0 Å². The normalized spacial score (nSPS) is 13.5. The molecule has 0 rings (SSSR count). The van der Waals surface area contributed by atoms with Gasteiger partial charge in [0.05, 0.1) is 0 Å². The van der Waals surface area contributed by atoms with Gasteiger partial charge in [0.1, 0.15) is 0 Å². The molecule has 0 aliphatic heterocycles. The van der Waals surface area contributed by atoms with Gasteiger partial charge >= 0.3 is 8.56 Å². The van der Waals surface area contributed by atoms with Crippen LogP contribution in [0.2, 0.25) is 44.8 Å². The molecule has 0 heterocycles. The summed E-state index contributed by atoms with van der Waals surface area (Å²) in [6.07, 6.45) is 1.17. The molecule has 0 aromatic rings. The zero-order chi connectivity index (χ0) is 12.8. The van der Waals surface area contributed by atoms with E-state index in [4.69, 9.17) is 13.0 Å². The van der Waals surface area contributed by atoms with Crippen molar-refractivity contribution in [1.82, 2.24) is 0 Å². The summed E-state index contributed by atoms with van der Waals surface area (Å²) in [6, 6.07) is 2.28. The first-order valence-electron chi connectivity index (χ1n) is 6.03. The monoisotopic (exact) mass is 280 g/mol. The lowest BCUT2D eigenvalue weighted by atomic mass is 10.6. The molecule has 0 atom stereocenters. The van der Waals surface area contributed by atoms with Crippen LogP contribution >= 0.6 is 0 Å². The molecule has 0 N–H and O–H groups in total. The van der Waals surface area contributed by atoms with Gasteiger partial charge in [-0.2, -0.15) is 0 Å². The largest absolute Gasteiger partial charge is 0.458 e. The van der Waals surface area contributed by atoms with Gasteiger partial charge in [-0.05, 0) is 44.8 Å². The van der Waals surface area contributed by atoms with Crippen molar-refractivity contribution in [2.45, 2.75) is 51.2 Å². The Morgan fingerprint density at radius 2 is 1.44 bits per heavy atom. The second-order valence-corrected chi connectivity index (χ2v) is 16.0. The molecule has 0 aliphatic carbocycles. The second kappa shape index (κ2) is 7.07. The average molecular weight is 281 g/mol. The van der Waals surface area contributed by atoms with E-state index in [0.717, 1.165) is 6.04 Å². The van der Waals surface area contributed by atoms with Gasteiger partial charge in [0.25, 0.3) is 0 Å². The molecule has 16 heavy (non-hydrogen) atoms. The summed E-state index contributed by atoms with van der Waals surface area (Å²) in [5.74, 6) is 0. The van der Waals surface area contributed by atoms with Gasteiger partial charge < -0.3 is 13.0 Å². The maximum absolute atomic E-state index is 6.13. The number of rotatable bonds is 8. The Kier molecular flexibility index (Phi) is 7.31. The maximum atomic E-state index is 6.13. The highest BCUT2D eigenvalue weighted by atomic mass is 28.4. The SMILES string of the molecule is CO[Si](C)(CCC[Si](C)(C)O[SiH](C)C)OC. The highest BCUT2D eigenvalue weighted by molar-refractivity contribution is 6.77. The minimum absolute atomic E-state index is 0.884. The first-order valence-corrected chi connectivity index (χ1v) is 14.4. The Labute approximate surface area is 105 Å². The molecule has 0 fully saturated rings. The Balaban J connectivity index is 3.96. The third-order valence-corrected chi connectivity index (χ3v) is 11.8. The second-order valence-electron chi connectivity index (χ2n) is 5.32. The van der Waals surface area contributed by atoms with E-state index < -0.39 is 25.9 Å².